The van der Waals surface area contributed by atoms with Gasteiger partial charge in [-0.2, -0.15) is 0 Å². The van der Waals surface area contributed by atoms with Crippen molar-refractivity contribution >= 4 is 5.91 Å². The molecule has 0 saturated carbocycles. The van der Waals surface area contributed by atoms with Gasteiger partial charge in [-0.3, -0.25) is 9.78 Å². The molecule has 1 N–H and O–H groups in total. The Bertz CT molecular complexity index is 334. The molecule has 2 rings (SSSR count). The van der Waals surface area contributed by atoms with Crippen LogP contribution in [-0.4, -0.2) is 10.9 Å². The van der Waals surface area contributed by atoms with Crippen molar-refractivity contribution in [1.82, 2.24) is 10.3 Å². The molecular weight excluding hydrogens is 176 g/mol. The first-order valence-electron chi connectivity index (χ1n) is 4.90. The molecule has 0 aromatic carbocycles. The van der Waals surface area contributed by atoms with E-state index in [0.29, 0.717) is 5.92 Å². The zero-order valence-corrected chi connectivity index (χ0v) is 8.40. The lowest BCUT2D eigenvalue weighted by Gasteiger charge is -2.39. The highest BCUT2D eigenvalue weighted by Crippen LogP contribution is 2.34. The van der Waals surface area contributed by atoms with Crippen LogP contribution in [0.25, 0.3) is 0 Å². The molecule has 1 fully saturated rings. The van der Waals surface area contributed by atoms with Crippen molar-refractivity contribution in [3.8, 4) is 0 Å². The van der Waals surface area contributed by atoms with E-state index >= 15 is 0 Å². The minimum Gasteiger partial charge on any atom is -0.348 e. The molecule has 1 aliphatic heterocycles. The summed E-state index contributed by atoms with van der Waals surface area (Å²) < 4.78 is 0. The maximum Gasteiger partial charge on any atom is 0.226 e. The highest BCUT2D eigenvalue weighted by atomic mass is 16.2. The van der Waals surface area contributed by atoms with Gasteiger partial charge in [0.15, 0.2) is 0 Å². The van der Waals surface area contributed by atoms with Crippen LogP contribution in [0.5, 0.6) is 0 Å². The molecule has 2 heterocycles. The molecule has 0 radical (unpaired) electrons. The highest BCUT2D eigenvalue weighted by Gasteiger charge is 2.41. The van der Waals surface area contributed by atoms with Crippen molar-refractivity contribution in [2.24, 2.45) is 11.8 Å². The van der Waals surface area contributed by atoms with Crippen LogP contribution < -0.4 is 5.32 Å². The van der Waals surface area contributed by atoms with Crippen molar-refractivity contribution in [3.05, 3.63) is 30.1 Å². The Morgan fingerprint density at radius 3 is 2.79 bits per heavy atom. The first kappa shape index (κ1) is 9.19. The summed E-state index contributed by atoms with van der Waals surface area (Å²) in [5.74, 6) is 0.655. The normalized spacial score (nSPS) is 25.8. The molecule has 2 unspecified atom stereocenters. The van der Waals surface area contributed by atoms with Gasteiger partial charge < -0.3 is 5.32 Å². The van der Waals surface area contributed by atoms with Gasteiger partial charge in [0.25, 0.3) is 0 Å². The third kappa shape index (κ3) is 1.39. The van der Waals surface area contributed by atoms with Gasteiger partial charge in [-0.25, -0.2) is 0 Å². The van der Waals surface area contributed by atoms with Crippen LogP contribution in [0.2, 0.25) is 0 Å². The van der Waals surface area contributed by atoms with Crippen LogP contribution in [-0.2, 0) is 4.79 Å². The Kier molecular flexibility index (Phi) is 2.23. The van der Waals surface area contributed by atoms with E-state index < -0.39 is 0 Å². The summed E-state index contributed by atoms with van der Waals surface area (Å²) >= 11 is 0. The zero-order valence-electron chi connectivity index (χ0n) is 8.40. The van der Waals surface area contributed by atoms with Crippen molar-refractivity contribution in [3.63, 3.8) is 0 Å². The van der Waals surface area contributed by atoms with Crippen LogP contribution in [0.4, 0.5) is 0 Å². The Hall–Kier alpha value is -1.38. The number of hydrogen-bond acceptors (Lipinski definition) is 2. The molecule has 1 aliphatic rings. The Labute approximate surface area is 83.5 Å². The number of β-lactam (4-membered cyclic amide) rings is 1. The first-order chi connectivity index (χ1) is 6.70. The lowest BCUT2D eigenvalue weighted by molar-refractivity contribution is -0.137. The number of pyridine rings is 1. The smallest absolute Gasteiger partial charge is 0.226 e. The number of amides is 1. The van der Waals surface area contributed by atoms with Crippen LogP contribution in [0, 0.1) is 11.8 Å². The van der Waals surface area contributed by atoms with E-state index in [1.807, 2.05) is 18.3 Å². The molecule has 0 bridgehead atoms. The van der Waals surface area contributed by atoms with Gasteiger partial charge in [-0.15, -0.1) is 0 Å². The second-order valence-electron chi connectivity index (χ2n) is 4.04. The summed E-state index contributed by atoms with van der Waals surface area (Å²) in [5, 5.41) is 2.91. The van der Waals surface area contributed by atoms with Gasteiger partial charge in [0.1, 0.15) is 0 Å². The molecule has 0 aliphatic carbocycles. The molecule has 1 aromatic rings. The van der Waals surface area contributed by atoms with Gasteiger partial charge in [0.2, 0.25) is 5.91 Å². The number of hydrogen-bond donors (Lipinski definition) is 1. The SMILES string of the molecule is CC(C)C1C(=O)NC1c1cccnc1. The van der Waals surface area contributed by atoms with Crippen molar-refractivity contribution < 1.29 is 4.79 Å². The Balaban J connectivity index is 2.18. The molecule has 74 valence electrons. The standard InChI is InChI=1S/C11H14N2O/c1-7(2)9-10(13-11(9)14)8-4-3-5-12-6-8/h3-7,9-10H,1-2H3,(H,13,14). The highest BCUT2D eigenvalue weighted by molar-refractivity contribution is 5.86. The number of aromatic nitrogens is 1. The van der Waals surface area contributed by atoms with E-state index in [9.17, 15) is 4.79 Å². The molecule has 3 heteroatoms. The quantitative estimate of drug-likeness (QED) is 0.718. The molecule has 1 amide bonds. The molecule has 0 spiro atoms. The molecule has 3 nitrogen and oxygen atoms in total. The second-order valence-corrected chi connectivity index (χ2v) is 4.04. The van der Waals surface area contributed by atoms with Gasteiger partial charge >= 0.3 is 0 Å². The first-order valence-corrected chi connectivity index (χ1v) is 4.90. The van der Waals surface area contributed by atoms with Crippen LogP contribution in [0.3, 0.4) is 0 Å². The van der Waals surface area contributed by atoms with E-state index in [-0.39, 0.29) is 17.9 Å². The topological polar surface area (TPSA) is 42.0 Å². The van der Waals surface area contributed by atoms with Crippen molar-refractivity contribution in [1.29, 1.82) is 0 Å². The molecular formula is C11H14N2O. The third-order valence-electron chi connectivity index (χ3n) is 2.72. The average Bonchev–Trinajstić information content (AvgIpc) is 2.14. The van der Waals surface area contributed by atoms with Gasteiger partial charge in [-0.1, -0.05) is 19.9 Å². The molecule has 14 heavy (non-hydrogen) atoms. The van der Waals surface area contributed by atoms with Gasteiger partial charge in [0, 0.05) is 12.4 Å². The van der Waals surface area contributed by atoms with Crippen molar-refractivity contribution in [2.45, 2.75) is 19.9 Å². The maximum absolute atomic E-state index is 11.3. The molecule has 1 saturated heterocycles. The summed E-state index contributed by atoms with van der Waals surface area (Å²) in [6.45, 7) is 4.15. The lowest BCUT2D eigenvalue weighted by atomic mass is 9.78. The van der Waals surface area contributed by atoms with Crippen molar-refractivity contribution in [2.75, 3.05) is 0 Å². The summed E-state index contributed by atoms with van der Waals surface area (Å²) in [6, 6.07) is 4.07. The monoisotopic (exact) mass is 190 g/mol. The Morgan fingerprint density at radius 2 is 2.29 bits per heavy atom. The Morgan fingerprint density at radius 1 is 1.50 bits per heavy atom. The largest absolute Gasteiger partial charge is 0.348 e. The van der Waals surface area contributed by atoms with E-state index in [1.54, 1.807) is 6.20 Å². The zero-order chi connectivity index (χ0) is 10.1. The van der Waals surface area contributed by atoms with Crippen LogP contribution in [0.15, 0.2) is 24.5 Å². The number of nitrogens with zero attached hydrogens (tertiary/aromatic N) is 1. The van der Waals surface area contributed by atoms with E-state index in [4.69, 9.17) is 0 Å². The average molecular weight is 190 g/mol. The van der Waals surface area contributed by atoms with E-state index in [2.05, 4.69) is 24.1 Å². The minimum atomic E-state index is 0.110. The van der Waals surface area contributed by atoms with Crippen LogP contribution in [0.1, 0.15) is 25.5 Å². The van der Waals surface area contributed by atoms with Gasteiger partial charge in [0.05, 0.1) is 12.0 Å². The number of carbonyl (C=O) groups excluding carboxylic acids is 1. The summed E-state index contributed by atoms with van der Waals surface area (Å²) in [6.07, 6.45) is 3.56. The molecule has 2 atom stereocenters. The van der Waals surface area contributed by atoms with Crippen LogP contribution >= 0.6 is 0 Å². The number of rotatable bonds is 2. The number of nitrogens with one attached hydrogen (secondary N) is 1. The minimum absolute atomic E-state index is 0.110. The second kappa shape index (κ2) is 3.40. The summed E-state index contributed by atoms with van der Waals surface area (Å²) in [5.41, 5.74) is 1.10. The fraction of sp³-hybridized carbons (Fsp3) is 0.455. The van der Waals surface area contributed by atoms with Gasteiger partial charge in [-0.05, 0) is 17.5 Å². The summed E-state index contributed by atoms with van der Waals surface area (Å²) in [7, 11) is 0. The maximum atomic E-state index is 11.3. The summed E-state index contributed by atoms with van der Waals surface area (Å²) in [4.78, 5) is 15.4. The predicted octanol–water partition coefficient (Wildman–Crippen LogP) is 1.52. The fourth-order valence-corrected chi connectivity index (χ4v) is 1.93. The lowest BCUT2D eigenvalue weighted by Crippen LogP contribution is -2.53. The predicted molar refractivity (Wildman–Crippen MR) is 53.4 cm³/mol. The fourth-order valence-electron chi connectivity index (χ4n) is 1.93. The third-order valence-corrected chi connectivity index (χ3v) is 2.72. The molecule has 1 aromatic heterocycles. The van der Waals surface area contributed by atoms with E-state index in [1.165, 1.54) is 0 Å². The number of carbonyl (C=O) groups is 1. The van der Waals surface area contributed by atoms with E-state index in [0.717, 1.165) is 5.56 Å².